The molecule has 0 amide bonds. The maximum absolute atomic E-state index is 13.3. The van der Waals surface area contributed by atoms with Crippen molar-refractivity contribution in [2.24, 2.45) is 0 Å². The molecule has 0 fully saturated rings. The van der Waals surface area contributed by atoms with Crippen LogP contribution in [0.15, 0.2) is 77.1 Å². The maximum atomic E-state index is 13.3. The lowest BCUT2D eigenvalue weighted by molar-refractivity contribution is -0.742. The third kappa shape index (κ3) is 11.8. The van der Waals surface area contributed by atoms with Crippen LogP contribution in [-0.2, 0) is 25.6 Å². The zero-order valence-corrected chi connectivity index (χ0v) is 23.7. The van der Waals surface area contributed by atoms with Gasteiger partial charge in [-0.1, -0.05) is 42.5 Å². The van der Waals surface area contributed by atoms with Crippen LogP contribution in [0.2, 0.25) is 0 Å². The van der Waals surface area contributed by atoms with E-state index < -0.39 is 33.0 Å². The van der Waals surface area contributed by atoms with Gasteiger partial charge in [0, 0.05) is 36.6 Å². The molecular weight excluding hydrogens is 574 g/mol. The van der Waals surface area contributed by atoms with E-state index in [1.807, 2.05) is 42.3 Å². The zero-order valence-electron chi connectivity index (χ0n) is 23.7. The fourth-order valence-electron chi connectivity index (χ4n) is 4.14. The number of hydrogen-bond acceptors (Lipinski definition) is 12. The van der Waals surface area contributed by atoms with Crippen molar-refractivity contribution >= 4 is 17.6 Å². The SMILES string of the molecule is COC(=O)C1=C(C)NC(C)=C(C(=O)OCCN(C)Cc2ccccc2)C1c1cccc([N+](=O)[O-])c1.O=[N+]([O-])O.O=[N+]([O-])O. The van der Waals surface area contributed by atoms with Gasteiger partial charge in [0.2, 0.25) is 0 Å². The smallest absolute Gasteiger partial charge is 0.336 e. The number of nitro benzene ring substituents is 1. The van der Waals surface area contributed by atoms with Crippen molar-refractivity contribution in [3.8, 4) is 0 Å². The highest BCUT2D eigenvalue weighted by Crippen LogP contribution is 2.40. The normalized spacial score (nSPS) is 13.8. The highest BCUT2D eigenvalue weighted by atomic mass is 16.9. The lowest BCUT2D eigenvalue weighted by atomic mass is 9.80. The molecular formula is C26H31N5O12. The van der Waals surface area contributed by atoms with Crippen LogP contribution in [0.5, 0.6) is 0 Å². The largest absolute Gasteiger partial charge is 0.466 e. The van der Waals surface area contributed by atoms with Crippen molar-refractivity contribution in [1.29, 1.82) is 0 Å². The highest BCUT2D eigenvalue weighted by molar-refractivity contribution is 5.99. The van der Waals surface area contributed by atoms with Crippen molar-refractivity contribution in [2.75, 3.05) is 27.3 Å². The van der Waals surface area contributed by atoms with Crippen LogP contribution >= 0.6 is 0 Å². The van der Waals surface area contributed by atoms with E-state index >= 15 is 0 Å². The average Bonchev–Trinajstić information content (AvgIpc) is 2.92. The molecule has 0 saturated heterocycles. The fraction of sp³-hybridized carbons (Fsp3) is 0.308. The van der Waals surface area contributed by atoms with E-state index in [0.29, 0.717) is 30.0 Å². The molecule has 232 valence electrons. The first kappa shape index (κ1) is 35.4. The second kappa shape index (κ2) is 17.3. The number of methoxy groups -OCH3 is 1. The molecule has 2 aromatic carbocycles. The van der Waals surface area contributed by atoms with Gasteiger partial charge in [-0.3, -0.25) is 15.0 Å². The summed E-state index contributed by atoms with van der Waals surface area (Å²) in [6.45, 7) is 4.74. The molecule has 1 heterocycles. The number of rotatable bonds is 9. The number of hydrogen-bond donors (Lipinski definition) is 3. The molecule has 0 saturated carbocycles. The summed E-state index contributed by atoms with van der Waals surface area (Å²) in [6.07, 6.45) is 0. The minimum Gasteiger partial charge on any atom is -0.466 e. The van der Waals surface area contributed by atoms with Gasteiger partial charge in [-0.25, -0.2) is 9.59 Å². The summed E-state index contributed by atoms with van der Waals surface area (Å²) in [6, 6.07) is 15.8. The van der Waals surface area contributed by atoms with Crippen molar-refractivity contribution in [3.05, 3.63) is 119 Å². The third-order valence-electron chi connectivity index (χ3n) is 5.80. The number of dihydropyridines is 1. The number of non-ortho nitro benzene ring substituents is 1. The van der Waals surface area contributed by atoms with Gasteiger partial charge in [-0.05, 0) is 32.0 Å². The molecule has 3 N–H and O–H groups in total. The van der Waals surface area contributed by atoms with Gasteiger partial charge >= 0.3 is 11.9 Å². The Morgan fingerprint density at radius 1 is 0.907 bits per heavy atom. The van der Waals surface area contributed by atoms with E-state index in [0.717, 1.165) is 5.56 Å². The number of allylic oxidation sites excluding steroid dienone is 2. The quantitative estimate of drug-likeness (QED) is 0.212. The number of carbonyl (C=O) groups is 2. The molecule has 2 aromatic rings. The molecule has 0 spiro atoms. The second-order valence-corrected chi connectivity index (χ2v) is 8.81. The van der Waals surface area contributed by atoms with Gasteiger partial charge < -0.3 is 25.2 Å². The first-order valence-electron chi connectivity index (χ1n) is 12.3. The standard InChI is InChI=1S/C26H29N3O6.2HNO3/c1-17-22(25(30)34-4)24(20-11-8-12-21(15-20)29(32)33)23(18(2)27-17)26(31)35-14-13-28(3)16-19-9-6-5-7-10-19;2*2-1(3)4/h5-12,15,24,27H,13-14,16H2,1-4H3;2*(H,2,3,4). The lowest BCUT2D eigenvalue weighted by Crippen LogP contribution is -2.33. The Morgan fingerprint density at radius 2 is 1.44 bits per heavy atom. The minimum absolute atomic E-state index is 0.136. The second-order valence-electron chi connectivity index (χ2n) is 8.81. The molecule has 0 aliphatic carbocycles. The van der Waals surface area contributed by atoms with Gasteiger partial charge in [0.25, 0.3) is 15.9 Å². The molecule has 3 rings (SSSR count). The number of nitrogens with zero attached hydrogens (tertiary/aromatic N) is 4. The topological polar surface area (TPSA) is 238 Å². The predicted octanol–water partition coefficient (Wildman–Crippen LogP) is 2.98. The van der Waals surface area contributed by atoms with E-state index in [9.17, 15) is 19.7 Å². The van der Waals surface area contributed by atoms with E-state index in [-0.39, 0.29) is 23.4 Å². The Labute approximate surface area is 245 Å². The number of ether oxygens (including phenoxy) is 2. The molecule has 43 heavy (non-hydrogen) atoms. The number of nitrogens with one attached hydrogen (secondary N) is 1. The molecule has 1 unspecified atom stereocenters. The third-order valence-corrected chi connectivity index (χ3v) is 5.80. The first-order chi connectivity index (χ1) is 20.2. The van der Waals surface area contributed by atoms with Crippen LogP contribution in [0, 0.1) is 30.3 Å². The summed E-state index contributed by atoms with van der Waals surface area (Å²) >= 11 is 0. The van der Waals surface area contributed by atoms with Crippen LogP contribution < -0.4 is 5.32 Å². The zero-order chi connectivity index (χ0) is 32.7. The maximum Gasteiger partial charge on any atom is 0.336 e. The van der Waals surface area contributed by atoms with Gasteiger partial charge in [0.15, 0.2) is 0 Å². The molecule has 17 nitrogen and oxygen atoms in total. The van der Waals surface area contributed by atoms with E-state index in [1.165, 1.54) is 25.3 Å². The van der Waals surface area contributed by atoms with E-state index in [2.05, 4.69) is 5.32 Å². The molecule has 1 aliphatic rings. The highest BCUT2D eigenvalue weighted by Gasteiger charge is 2.38. The monoisotopic (exact) mass is 605 g/mol. The summed E-state index contributed by atoms with van der Waals surface area (Å²) < 4.78 is 10.6. The molecule has 0 bridgehead atoms. The Bertz CT molecular complexity index is 1360. The molecule has 1 aliphatic heterocycles. The molecule has 0 aromatic heterocycles. The Hall–Kier alpha value is -5.58. The van der Waals surface area contributed by atoms with Crippen molar-refractivity contribution in [1.82, 2.24) is 10.2 Å². The Balaban J connectivity index is 0.00000103. The summed E-state index contributed by atoms with van der Waals surface area (Å²) in [5.74, 6) is -2.11. The summed E-state index contributed by atoms with van der Waals surface area (Å²) in [5, 5.41) is 41.7. The van der Waals surface area contributed by atoms with Crippen LogP contribution in [-0.4, -0.2) is 69.7 Å². The van der Waals surface area contributed by atoms with Crippen LogP contribution in [0.3, 0.4) is 0 Å². The minimum atomic E-state index is -1.50. The fourth-order valence-corrected chi connectivity index (χ4v) is 4.14. The number of benzene rings is 2. The Morgan fingerprint density at radius 3 is 1.95 bits per heavy atom. The van der Waals surface area contributed by atoms with E-state index in [1.54, 1.807) is 19.9 Å². The predicted molar refractivity (Wildman–Crippen MR) is 148 cm³/mol. The average molecular weight is 606 g/mol. The number of carbonyl (C=O) groups excluding carboxylic acids is 2. The molecule has 0 radical (unpaired) electrons. The van der Waals surface area contributed by atoms with Crippen molar-refractivity contribution in [3.63, 3.8) is 0 Å². The summed E-state index contributed by atoms with van der Waals surface area (Å²) in [5.41, 5.74) is 2.85. The molecule has 17 heteroatoms. The van der Waals surface area contributed by atoms with Gasteiger partial charge in [0.1, 0.15) is 6.61 Å². The van der Waals surface area contributed by atoms with Gasteiger partial charge in [-0.2, -0.15) is 0 Å². The lowest BCUT2D eigenvalue weighted by Gasteiger charge is -2.30. The number of esters is 2. The van der Waals surface area contributed by atoms with Crippen LogP contribution in [0.4, 0.5) is 5.69 Å². The van der Waals surface area contributed by atoms with Crippen LogP contribution in [0.1, 0.15) is 30.9 Å². The summed E-state index contributed by atoms with van der Waals surface area (Å²) in [7, 11) is 3.18. The van der Waals surface area contributed by atoms with Crippen molar-refractivity contribution in [2.45, 2.75) is 26.3 Å². The van der Waals surface area contributed by atoms with Crippen LogP contribution in [0.25, 0.3) is 0 Å². The first-order valence-corrected chi connectivity index (χ1v) is 12.3. The van der Waals surface area contributed by atoms with Gasteiger partial charge in [-0.15, -0.1) is 20.2 Å². The van der Waals surface area contributed by atoms with Gasteiger partial charge in [0.05, 0.1) is 29.1 Å². The molecule has 1 atom stereocenters. The Kier molecular flexibility index (Phi) is 14.2. The number of likely N-dealkylation sites (N-methyl/N-ethyl adjacent to an activating group) is 1. The summed E-state index contributed by atoms with van der Waals surface area (Å²) in [4.78, 5) is 55.6. The van der Waals surface area contributed by atoms with Crippen molar-refractivity contribution < 1.29 is 44.6 Å². The number of nitro groups is 1. The van der Waals surface area contributed by atoms with E-state index in [4.69, 9.17) is 40.1 Å².